The van der Waals surface area contributed by atoms with Gasteiger partial charge in [0.25, 0.3) is 0 Å². The minimum Gasteiger partial charge on any atom is -0.485 e. The molecule has 0 spiro atoms. The van der Waals surface area contributed by atoms with Crippen molar-refractivity contribution in [1.82, 2.24) is 14.5 Å². The van der Waals surface area contributed by atoms with Crippen molar-refractivity contribution >= 4 is 17.6 Å². The van der Waals surface area contributed by atoms with E-state index in [1.807, 2.05) is 16.7 Å². The number of halogens is 2. The van der Waals surface area contributed by atoms with E-state index in [0.717, 1.165) is 50.3 Å². The summed E-state index contributed by atoms with van der Waals surface area (Å²) in [5, 5.41) is 9.33. The molecule has 40 heavy (non-hydrogen) atoms. The van der Waals surface area contributed by atoms with Gasteiger partial charge in [0.05, 0.1) is 25.4 Å². The third kappa shape index (κ3) is 5.66. The van der Waals surface area contributed by atoms with Crippen LogP contribution < -0.4 is 9.47 Å². The van der Waals surface area contributed by atoms with Crippen LogP contribution in [0.4, 0.5) is 4.39 Å². The lowest BCUT2D eigenvalue weighted by atomic mass is 9.88. The number of carboxylic acids is 1. The summed E-state index contributed by atoms with van der Waals surface area (Å²) < 4.78 is 34.6. The number of likely N-dealkylation sites (tertiary alicyclic amines) is 1. The zero-order chi connectivity index (χ0) is 27.6. The second kappa shape index (κ2) is 11.5. The smallest absolute Gasteiger partial charge is 0.382 e. The monoisotopic (exact) mass is 565 g/mol. The summed E-state index contributed by atoms with van der Waals surface area (Å²) in [5.74, 6) is 5.83. The van der Waals surface area contributed by atoms with Gasteiger partial charge in [-0.15, -0.1) is 0 Å². The first-order valence-corrected chi connectivity index (χ1v) is 13.8. The second-order valence-electron chi connectivity index (χ2n) is 10.3. The van der Waals surface area contributed by atoms with Crippen LogP contribution in [0.15, 0.2) is 42.6 Å². The van der Waals surface area contributed by atoms with Gasteiger partial charge in [0.1, 0.15) is 23.9 Å². The third-order valence-corrected chi connectivity index (χ3v) is 8.01. The van der Waals surface area contributed by atoms with Crippen molar-refractivity contribution in [2.24, 2.45) is 0 Å². The van der Waals surface area contributed by atoms with Crippen LogP contribution in [-0.2, 0) is 22.6 Å². The summed E-state index contributed by atoms with van der Waals surface area (Å²) in [6.07, 6.45) is 3.98. The van der Waals surface area contributed by atoms with E-state index in [1.165, 1.54) is 6.07 Å². The fraction of sp³-hybridized carbons (Fsp3) is 0.400. The number of ether oxygens (including phenoxy) is 3. The molecule has 2 atom stereocenters. The molecular formula is C30H29ClFN3O5. The van der Waals surface area contributed by atoms with E-state index in [4.69, 9.17) is 30.9 Å². The van der Waals surface area contributed by atoms with Crippen molar-refractivity contribution in [1.29, 1.82) is 0 Å². The van der Waals surface area contributed by atoms with Crippen LogP contribution in [0, 0.1) is 17.7 Å². The lowest BCUT2D eigenvalue weighted by Gasteiger charge is -2.35. The Balaban J connectivity index is 1.14. The van der Waals surface area contributed by atoms with Crippen LogP contribution in [0.25, 0.3) is 0 Å². The fourth-order valence-electron chi connectivity index (χ4n) is 5.55. The minimum atomic E-state index is -1.17. The highest BCUT2D eigenvalue weighted by Gasteiger charge is 2.31. The molecule has 0 unspecified atom stereocenters. The molecular weight excluding hydrogens is 537 g/mol. The van der Waals surface area contributed by atoms with Crippen LogP contribution in [0.1, 0.15) is 53.9 Å². The Morgan fingerprint density at radius 2 is 2.00 bits per heavy atom. The van der Waals surface area contributed by atoms with Gasteiger partial charge in [-0.05, 0) is 62.4 Å². The summed E-state index contributed by atoms with van der Waals surface area (Å²) in [6.45, 7) is 3.92. The van der Waals surface area contributed by atoms with Crippen molar-refractivity contribution in [3.63, 3.8) is 0 Å². The quantitative estimate of drug-likeness (QED) is 0.430. The normalized spacial score (nSPS) is 20.9. The molecule has 10 heteroatoms. The molecule has 0 radical (unpaired) electrons. The maximum atomic E-state index is 14.6. The molecule has 1 N–H and O–H groups in total. The number of nitrogens with zero attached hydrogens (tertiary/aromatic N) is 3. The van der Waals surface area contributed by atoms with E-state index >= 15 is 0 Å². The molecule has 0 amide bonds. The lowest BCUT2D eigenvalue weighted by molar-refractivity contribution is -0.130. The SMILES string of the molecule is O=C(O)C#Cc1cnc(CN2CCC(c3cccc4c3O[C@@H](c3ccc(Cl)cc3F)CO4)CC2)n1C[C@@H]1CCO1. The number of rotatable bonds is 6. The van der Waals surface area contributed by atoms with Gasteiger partial charge >= 0.3 is 5.97 Å². The molecule has 2 saturated heterocycles. The van der Waals surface area contributed by atoms with Crippen LogP contribution in [0.5, 0.6) is 11.5 Å². The average Bonchev–Trinajstić information content (AvgIpc) is 3.30. The van der Waals surface area contributed by atoms with Crippen LogP contribution >= 0.6 is 11.6 Å². The van der Waals surface area contributed by atoms with Gasteiger partial charge in [-0.1, -0.05) is 29.8 Å². The summed E-state index contributed by atoms with van der Waals surface area (Å²) in [4.78, 5) is 17.9. The molecule has 6 rings (SSSR count). The van der Waals surface area contributed by atoms with Crippen molar-refractivity contribution < 1.29 is 28.5 Å². The zero-order valence-corrected chi connectivity index (χ0v) is 22.6. The van der Waals surface area contributed by atoms with Crippen LogP contribution in [0.2, 0.25) is 5.02 Å². The van der Waals surface area contributed by atoms with E-state index in [0.29, 0.717) is 40.9 Å². The molecule has 208 valence electrons. The number of carboxylic acid groups (broad SMARTS) is 1. The Bertz CT molecular complexity index is 1470. The average molecular weight is 566 g/mol. The number of aromatic nitrogens is 2. The molecule has 3 aliphatic rings. The maximum Gasteiger partial charge on any atom is 0.382 e. The van der Waals surface area contributed by atoms with Crippen molar-refractivity contribution in [3.05, 3.63) is 76.1 Å². The molecule has 2 aromatic carbocycles. The number of hydrogen-bond acceptors (Lipinski definition) is 6. The van der Waals surface area contributed by atoms with E-state index < -0.39 is 17.9 Å². The van der Waals surface area contributed by atoms with Gasteiger partial charge < -0.3 is 23.9 Å². The maximum absolute atomic E-state index is 14.6. The van der Waals surface area contributed by atoms with Crippen molar-refractivity contribution in [2.45, 2.75) is 50.5 Å². The Morgan fingerprint density at radius 1 is 1.18 bits per heavy atom. The van der Waals surface area contributed by atoms with Gasteiger partial charge in [-0.2, -0.15) is 0 Å². The first kappa shape index (κ1) is 26.6. The lowest BCUT2D eigenvalue weighted by Crippen LogP contribution is -2.35. The first-order valence-electron chi connectivity index (χ1n) is 13.4. The zero-order valence-electron chi connectivity index (χ0n) is 21.8. The number of para-hydroxylation sites is 1. The van der Waals surface area contributed by atoms with E-state index in [9.17, 15) is 9.18 Å². The molecule has 1 aromatic heterocycles. The Labute approximate surface area is 236 Å². The van der Waals surface area contributed by atoms with Gasteiger partial charge in [-0.3, -0.25) is 4.90 Å². The van der Waals surface area contributed by atoms with Crippen molar-refractivity contribution in [2.75, 3.05) is 26.3 Å². The van der Waals surface area contributed by atoms with Gasteiger partial charge in [0.15, 0.2) is 17.6 Å². The Kier molecular flexibility index (Phi) is 7.65. The van der Waals surface area contributed by atoms with Crippen LogP contribution in [-0.4, -0.2) is 57.9 Å². The number of aliphatic carboxylic acids is 1. The van der Waals surface area contributed by atoms with Gasteiger partial charge in [0, 0.05) is 28.7 Å². The van der Waals surface area contributed by atoms with Gasteiger partial charge in [-0.25, -0.2) is 14.2 Å². The van der Waals surface area contributed by atoms with E-state index in [1.54, 1.807) is 18.3 Å². The molecule has 4 heterocycles. The highest BCUT2D eigenvalue weighted by Crippen LogP contribution is 2.45. The first-order chi connectivity index (χ1) is 19.4. The van der Waals surface area contributed by atoms with Gasteiger partial charge in [0.2, 0.25) is 0 Å². The minimum absolute atomic E-state index is 0.0979. The fourth-order valence-corrected chi connectivity index (χ4v) is 5.71. The Hall–Kier alpha value is -3.58. The molecule has 3 aromatic rings. The molecule has 2 fully saturated rings. The van der Waals surface area contributed by atoms with E-state index in [2.05, 4.69) is 27.8 Å². The van der Waals surface area contributed by atoms with Crippen molar-refractivity contribution in [3.8, 4) is 23.3 Å². The topological polar surface area (TPSA) is 86.0 Å². The summed E-state index contributed by atoms with van der Waals surface area (Å²) in [7, 11) is 0. The predicted molar refractivity (Wildman–Crippen MR) is 145 cm³/mol. The second-order valence-corrected chi connectivity index (χ2v) is 10.8. The summed E-state index contributed by atoms with van der Waals surface area (Å²) >= 11 is 5.94. The number of fused-ring (bicyclic) bond motifs is 1. The molecule has 0 saturated carbocycles. The standard InChI is InChI=1S/C30H29ClFN3O5/c31-20-4-6-24(25(32)14-20)27-18-39-26-3-1-2-23(30(26)40-27)19-8-11-34(12-9-19)17-28-33-15-21(5-7-29(36)37)35(28)16-22-10-13-38-22/h1-4,6,14-15,19,22,27H,8-13,16-18H2,(H,36,37)/t22-,27+/m0/s1. The number of piperidine rings is 1. The number of benzene rings is 2. The van der Waals surface area contributed by atoms with Crippen LogP contribution in [0.3, 0.4) is 0 Å². The predicted octanol–water partition coefficient (Wildman–Crippen LogP) is 4.79. The number of carbonyl (C=O) groups is 1. The number of hydrogen-bond donors (Lipinski definition) is 1. The molecule has 8 nitrogen and oxygen atoms in total. The highest BCUT2D eigenvalue weighted by molar-refractivity contribution is 6.30. The molecule has 0 aliphatic carbocycles. The molecule has 0 bridgehead atoms. The number of imidazole rings is 1. The molecule has 3 aliphatic heterocycles. The highest BCUT2D eigenvalue weighted by atomic mass is 35.5. The summed E-state index contributed by atoms with van der Waals surface area (Å²) in [5.41, 5.74) is 2.09. The third-order valence-electron chi connectivity index (χ3n) is 7.78. The Morgan fingerprint density at radius 3 is 2.73 bits per heavy atom. The van der Waals surface area contributed by atoms with E-state index in [-0.39, 0.29) is 18.6 Å². The summed E-state index contributed by atoms with van der Waals surface area (Å²) in [6, 6.07) is 10.5. The largest absolute Gasteiger partial charge is 0.485 e.